The van der Waals surface area contributed by atoms with Crippen LogP contribution < -0.4 is 5.48 Å². The van der Waals surface area contributed by atoms with Crippen molar-refractivity contribution in [1.29, 1.82) is 0 Å². The lowest BCUT2D eigenvalue weighted by molar-refractivity contribution is 0.188. The second-order valence-corrected chi connectivity index (χ2v) is 5.80. The lowest BCUT2D eigenvalue weighted by Crippen LogP contribution is -2.09. The van der Waals surface area contributed by atoms with Gasteiger partial charge in [-0.25, -0.2) is 0 Å². The maximum atomic E-state index is 11.6. The van der Waals surface area contributed by atoms with E-state index in [0.29, 0.717) is 12.0 Å². The minimum atomic E-state index is -4.35. The minimum absolute atomic E-state index is 0.160. The summed E-state index contributed by atoms with van der Waals surface area (Å²) >= 11 is 0. The molecule has 0 saturated heterocycles. The van der Waals surface area contributed by atoms with E-state index in [1.165, 1.54) is 0 Å². The Kier molecular flexibility index (Phi) is 4.59. The molecule has 0 aliphatic heterocycles. The Morgan fingerprint density at radius 3 is 2.65 bits per heavy atom. The molecule has 6 heteroatoms. The number of hydrogen-bond donors (Lipinski definition) is 2. The topological polar surface area (TPSA) is 75.6 Å². The van der Waals surface area contributed by atoms with Crippen LogP contribution in [0.15, 0.2) is 41.3 Å². The normalized spacial score (nSPS) is 11.7. The van der Waals surface area contributed by atoms with Gasteiger partial charge in [-0.2, -0.15) is 8.42 Å². The first-order valence-electron chi connectivity index (χ1n) is 6.41. The molecule has 5 nitrogen and oxygen atoms in total. The van der Waals surface area contributed by atoms with Crippen molar-refractivity contribution in [2.45, 2.75) is 24.7 Å². The number of anilines is 1. The van der Waals surface area contributed by atoms with Crippen molar-refractivity contribution in [3.05, 3.63) is 36.4 Å². The summed E-state index contributed by atoms with van der Waals surface area (Å²) in [7, 11) is -4.35. The molecule has 0 radical (unpaired) electrons. The quantitative estimate of drug-likeness (QED) is 0.486. The zero-order valence-electron chi connectivity index (χ0n) is 11.2. The van der Waals surface area contributed by atoms with E-state index < -0.39 is 10.1 Å². The van der Waals surface area contributed by atoms with Crippen molar-refractivity contribution < 1.29 is 17.8 Å². The number of unbranched alkanes of at least 4 members (excludes halogenated alkanes) is 1. The molecule has 108 valence electrons. The van der Waals surface area contributed by atoms with Gasteiger partial charge in [0.15, 0.2) is 0 Å². The molecule has 0 bridgehead atoms. The van der Waals surface area contributed by atoms with Crippen LogP contribution in [-0.4, -0.2) is 19.6 Å². The van der Waals surface area contributed by atoms with Crippen LogP contribution >= 0.6 is 0 Å². The van der Waals surface area contributed by atoms with E-state index in [9.17, 15) is 13.0 Å². The molecule has 0 aliphatic carbocycles. The van der Waals surface area contributed by atoms with Gasteiger partial charge in [0, 0.05) is 5.39 Å². The molecule has 0 atom stereocenters. The molecule has 0 aliphatic rings. The highest BCUT2D eigenvalue weighted by Gasteiger charge is 2.19. The third kappa shape index (κ3) is 3.27. The molecule has 0 unspecified atom stereocenters. The van der Waals surface area contributed by atoms with Crippen molar-refractivity contribution in [2.24, 2.45) is 0 Å². The number of fused-ring (bicyclic) bond motifs is 1. The van der Waals surface area contributed by atoms with Crippen LogP contribution in [0.5, 0.6) is 0 Å². The summed E-state index contributed by atoms with van der Waals surface area (Å²) < 4.78 is 32.7. The van der Waals surface area contributed by atoms with Crippen LogP contribution in [0.4, 0.5) is 5.69 Å². The summed E-state index contributed by atoms with van der Waals surface area (Å²) in [6.07, 6.45) is 1.84. The van der Waals surface area contributed by atoms with Gasteiger partial charge in [0.25, 0.3) is 10.1 Å². The molecular formula is C14H17NO4S. The monoisotopic (exact) mass is 295 g/mol. The second-order valence-electron chi connectivity index (χ2n) is 4.44. The van der Waals surface area contributed by atoms with E-state index in [1.807, 2.05) is 6.92 Å². The molecule has 0 fully saturated rings. The third-order valence-corrected chi connectivity index (χ3v) is 3.88. The SMILES string of the molecule is CCCCONc1ccc2ccccc2c1S(=O)(=O)O. The van der Waals surface area contributed by atoms with Crippen LogP contribution in [0.2, 0.25) is 0 Å². The smallest absolute Gasteiger partial charge is 0.282 e. The summed E-state index contributed by atoms with van der Waals surface area (Å²) in [6, 6.07) is 10.3. The van der Waals surface area contributed by atoms with E-state index in [-0.39, 0.29) is 10.6 Å². The third-order valence-electron chi connectivity index (χ3n) is 2.92. The Balaban J connectivity index is 2.44. The Bertz CT molecular complexity index is 697. The van der Waals surface area contributed by atoms with E-state index in [0.717, 1.165) is 18.2 Å². The van der Waals surface area contributed by atoms with Crippen LogP contribution in [0, 0.1) is 0 Å². The zero-order valence-corrected chi connectivity index (χ0v) is 12.0. The van der Waals surface area contributed by atoms with Crippen molar-refractivity contribution in [3.8, 4) is 0 Å². The van der Waals surface area contributed by atoms with Crippen molar-refractivity contribution >= 4 is 26.6 Å². The van der Waals surface area contributed by atoms with E-state index in [2.05, 4.69) is 5.48 Å². The Morgan fingerprint density at radius 1 is 1.20 bits per heavy atom. The van der Waals surface area contributed by atoms with Gasteiger partial charge in [-0.05, 0) is 17.9 Å². The minimum Gasteiger partial charge on any atom is -0.282 e. The standard InChI is InChI=1S/C14H17NO4S/c1-2-3-10-19-15-13-9-8-11-6-4-5-7-12(11)14(13)20(16,17)18/h4-9,15H,2-3,10H2,1H3,(H,16,17,18). The molecule has 0 aromatic heterocycles. The van der Waals surface area contributed by atoms with Crippen molar-refractivity contribution in [3.63, 3.8) is 0 Å². The maximum absolute atomic E-state index is 11.6. The molecule has 0 heterocycles. The number of benzene rings is 2. The lowest BCUT2D eigenvalue weighted by Gasteiger charge is -2.12. The number of hydrogen-bond acceptors (Lipinski definition) is 4. The fraction of sp³-hybridized carbons (Fsp3) is 0.286. The van der Waals surface area contributed by atoms with E-state index in [1.54, 1.807) is 36.4 Å². The molecular weight excluding hydrogens is 278 g/mol. The highest BCUT2D eigenvalue weighted by Crippen LogP contribution is 2.30. The van der Waals surface area contributed by atoms with Gasteiger partial charge in [-0.1, -0.05) is 43.7 Å². The molecule has 2 aromatic rings. The van der Waals surface area contributed by atoms with Gasteiger partial charge < -0.3 is 0 Å². The predicted molar refractivity (Wildman–Crippen MR) is 78.2 cm³/mol. The summed E-state index contributed by atoms with van der Waals surface area (Å²) in [5.74, 6) is 0. The molecule has 2 rings (SSSR count). The summed E-state index contributed by atoms with van der Waals surface area (Å²) in [5, 5.41) is 1.19. The summed E-state index contributed by atoms with van der Waals surface area (Å²) in [6.45, 7) is 2.50. The van der Waals surface area contributed by atoms with Crippen LogP contribution in [0.1, 0.15) is 19.8 Å². The van der Waals surface area contributed by atoms with E-state index in [4.69, 9.17) is 4.84 Å². The summed E-state index contributed by atoms with van der Waals surface area (Å²) in [4.78, 5) is 5.06. The Labute approximate surface area is 118 Å². The van der Waals surface area contributed by atoms with Crippen LogP contribution in [0.25, 0.3) is 10.8 Å². The van der Waals surface area contributed by atoms with Crippen LogP contribution in [0.3, 0.4) is 0 Å². The average molecular weight is 295 g/mol. The number of nitrogens with one attached hydrogen (secondary N) is 1. The Morgan fingerprint density at radius 2 is 1.95 bits per heavy atom. The highest BCUT2D eigenvalue weighted by atomic mass is 32.2. The van der Waals surface area contributed by atoms with Crippen molar-refractivity contribution in [1.82, 2.24) is 0 Å². The fourth-order valence-corrected chi connectivity index (χ4v) is 2.80. The first-order valence-corrected chi connectivity index (χ1v) is 7.85. The largest absolute Gasteiger partial charge is 0.297 e. The van der Waals surface area contributed by atoms with Gasteiger partial charge in [0.1, 0.15) is 4.90 Å². The second kappa shape index (κ2) is 6.21. The fourth-order valence-electron chi connectivity index (χ4n) is 1.95. The van der Waals surface area contributed by atoms with Crippen LogP contribution in [-0.2, 0) is 15.0 Å². The Hall–Kier alpha value is -1.63. The molecule has 0 amide bonds. The molecule has 0 saturated carbocycles. The molecule has 20 heavy (non-hydrogen) atoms. The first-order chi connectivity index (χ1) is 9.54. The maximum Gasteiger partial charge on any atom is 0.297 e. The highest BCUT2D eigenvalue weighted by molar-refractivity contribution is 7.86. The molecule has 2 N–H and O–H groups in total. The number of rotatable bonds is 6. The average Bonchev–Trinajstić information content (AvgIpc) is 2.41. The molecule has 0 spiro atoms. The van der Waals surface area contributed by atoms with Crippen molar-refractivity contribution in [2.75, 3.05) is 12.1 Å². The van der Waals surface area contributed by atoms with Gasteiger partial charge in [-0.3, -0.25) is 14.9 Å². The first kappa shape index (κ1) is 14.8. The predicted octanol–water partition coefficient (Wildman–Crippen LogP) is 3.23. The van der Waals surface area contributed by atoms with E-state index >= 15 is 0 Å². The zero-order chi connectivity index (χ0) is 14.6. The van der Waals surface area contributed by atoms with Gasteiger partial charge in [-0.15, -0.1) is 0 Å². The van der Waals surface area contributed by atoms with Gasteiger partial charge >= 0.3 is 0 Å². The van der Waals surface area contributed by atoms with Gasteiger partial charge in [0.2, 0.25) is 0 Å². The summed E-state index contributed by atoms with van der Waals surface area (Å²) in [5.41, 5.74) is 2.85. The van der Waals surface area contributed by atoms with Gasteiger partial charge in [0.05, 0.1) is 12.3 Å². The lowest BCUT2D eigenvalue weighted by atomic mass is 10.1. The molecule has 2 aromatic carbocycles.